The van der Waals surface area contributed by atoms with E-state index in [1.54, 1.807) is 6.08 Å². The van der Waals surface area contributed by atoms with E-state index in [2.05, 4.69) is 31.3 Å². The lowest BCUT2D eigenvalue weighted by Gasteiger charge is -2.21. The molecule has 0 aliphatic heterocycles. The van der Waals surface area contributed by atoms with E-state index in [1.165, 1.54) is 122 Å². The number of aliphatic hydroxyl groups excluding tert-OH is 3. The van der Waals surface area contributed by atoms with E-state index in [0.717, 1.165) is 38.5 Å². The third-order valence-electron chi connectivity index (χ3n) is 8.29. The Morgan fingerprint density at radius 3 is 1.45 bits per heavy atom. The molecule has 0 bridgehead atoms. The molecule has 0 aromatic heterocycles. The molecule has 0 radical (unpaired) electrons. The van der Waals surface area contributed by atoms with Crippen molar-refractivity contribution in [3.63, 3.8) is 0 Å². The topological polar surface area (TPSA) is 89.8 Å². The Kier molecular flexibility index (Phi) is 31.8. The van der Waals surface area contributed by atoms with Crippen molar-refractivity contribution in [3.05, 3.63) is 24.3 Å². The Hall–Kier alpha value is -1.17. The highest BCUT2D eigenvalue weighted by molar-refractivity contribution is 5.80. The average Bonchev–Trinajstić information content (AvgIpc) is 2.99. The maximum atomic E-state index is 12.4. The Morgan fingerprint density at radius 2 is 0.976 bits per heavy atom. The van der Waals surface area contributed by atoms with Gasteiger partial charge in [-0.25, -0.2) is 0 Å². The fourth-order valence-corrected chi connectivity index (χ4v) is 5.38. The van der Waals surface area contributed by atoms with Crippen molar-refractivity contribution >= 4 is 5.91 Å². The summed E-state index contributed by atoms with van der Waals surface area (Å²) in [6.07, 6.45) is 37.7. The van der Waals surface area contributed by atoms with Gasteiger partial charge in [-0.3, -0.25) is 4.79 Å². The monoisotopic (exact) mass is 594 g/mol. The molecule has 0 aliphatic rings. The fourth-order valence-electron chi connectivity index (χ4n) is 5.38. The van der Waals surface area contributed by atoms with Crippen molar-refractivity contribution < 1.29 is 20.1 Å². The second-order valence-electron chi connectivity index (χ2n) is 12.4. The zero-order valence-corrected chi connectivity index (χ0v) is 27.9. The SMILES string of the molecule is CCCCCC/C=C/CC/C=C/C(O)C(CO)NC(=O)C(O)CCCCCCCCCCCCCCCCCCCC. The standard InChI is InChI=1S/C37H71NO4/c1-3-5-7-9-11-13-15-16-17-18-19-20-21-22-24-26-28-30-32-36(41)37(42)38-34(33-39)35(40)31-29-27-25-23-14-12-10-8-6-4-2/h14,23,29,31,34-36,39-41H,3-13,15-22,24-28,30,32-33H2,1-2H3,(H,38,42)/b23-14+,31-29+. The largest absolute Gasteiger partial charge is 0.394 e. The van der Waals surface area contributed by atoms with Crippen LogP contribution in [0.1, 0.15) is 181 Å². The van der Waals surface area contributed by atoms with E-state index < -0.39 is 24.2 Å². The Bertz CT molecular complexity index is 621. The molecule has 0 saturated heterocycles. The number of carbonyl (C=O) groups is 1. The zero-order valence-electron chi connectivity index (χ0n) is 27.9. The third-order valence-corrected chi connectivity index (χ3v) is 8.29. The normalized spacial score (nSPS) is 14.1. The molecule has 42 heavy (non-hydrogen) atoms. The summed E-state index contributed by atoms with van der Waals surface area (Å²) in [4.78, 5) is 12.4. The lowest BCUT2D eigenvalue weighted by atomic mass is 10.0. The number of carbonyl (C=O) groups excluding carboxylic acids is 1. The van der Waals surface area contributed by atoms with Gasteiger partial charge in [0.25, 0.3) is 0 Å². The van der Waals surface area contributed by atoms with Gasteiger partial charge in [-0.05, 0) is 32.1 Å². The maximum Gasteiger partial charge on any atom is 0.249 e. The summed E-state index contributed by atoms with van der Waals surface area (Å²) in [5.41, 5.74) is 0. The van der Waals surface area contributed by atoms with Gasteiger partial charge in [0, 0.05) is 0 Å². The number of nitrogens with one attached hydrogen (secondary N) is 1. The summed E-state index contributed by atoms with van der Waals surface area (Å²) in [6.45, 7) is 4.12. The third kappa shape index (κ3) is 27.7. The highest BCUT2D eigenvalue weighted by atomic mass is 16.3. The number of hydrogen-bond donors (Lipinski definition) is 4. The summed E-state index contributed by atoms with van der Waals surface area (Å²) in [6, 6.07) is -0.808. The second-order valence-corrected chi connectivity index (χ2v) is 12.4. The first-order chi connectivity index (χ1) is 20.6. The Labute approximate surface area is 261 Å². The van der Waals surface area contributed by atoms with Gasteiger partial charge in [0.05, 0.1) is 18.8 Å². The molecule has 0 saturated carbocycles. The van der Waals surface area contributed by atoms with Gasteiger partial charge in [-0.15, -0.1) is 0 Å². The molecule has 0 spiro atoms. The first-order valence-corrected chi connectivity index (χ1v) is 18.2. The Morgan fingerprint density at radius 1 is 0.571 bits per heavy atom. The molecular formula is C37H71NO4. The molecular weight excluding hydrogens is 522 g/mol. The van der Waals surface area contributed by atoms with Crippen LogP contribution in [0.4, 0.5) is 0 Å². The van der Waals surface area contributed by atoms with E-state index in [1.807, 2.05) is 6.08 Å². The van der Waals surface area contributed by atoms with Crippen LogP contribution in [-0.2, 0) is 4.79 Å². The summed E-state index contributed by atoms with van der Waals surface area (Å²) < 4.78 is 0. The van der Waals surface area contributed by atoms with E-state index in [4.69, 9.17) is 0 Å². The summed E-state index contributed by atoms with van der Waals surface area (Å²) in [7, 11) is 0. The highest BCUT2D eigenvalue weighted by Gasteiger charge is 2.22. The van der Waals surface area contributed by atoms with Crippen LogP contribution < -0.4 is 5.32 Å². The Balaban J connectivity index is 3.71. The number of allylic oxidation sites excluding steroid dienone is 3. The fraction of sp³-hybridized carbons (Fsp3) is 0.865. The quantitative estimate of drug-likeness (QED) is 0.0462. The predicted octanol–water partition coefficient (Wildman–Crippen LogP) is 9.48. The van der Waals surface area contributed by atoms with Gasteiger partial charge >= 0.3 is 0 Å². The van der Waals surface area contributed by atoms with Gasteiger partial charge in [0.2, 0.25) is 5.91 Å². The van der Waals surface area contributed by atoms with Crippen molar-refractivity contribution in [3.8, 4) is 0 Å². The highest BCUT2D eigenvalue weighted by Crippen LogP contribution is 2.15. The van der Waals surface area contributed by atoms with Gasteiger partial charge in [0.1, 0.15) is 6.10 Å². The smallest absolute Gasteiger partial charge is 0.249 e. The lowest BCUT2D eigenvalue weighted by molar-refractivity contribution is -0.131. The molecule has 0 heterocycles. The minimum absolute atomic E-state index is 0.374. The number of amides is 1. The zero-order chi connectivity index (χ0) is 30.9. The molecule has 4 N–H and O–H groups in total. The summed E-state index contributed by atoms with van der Waals surface area (Å²) in [5, 5.41) is 32.8. The molecule has 5 heteroatoms. The van der Waals surface area contributed by atoms with E-state index >= 15 is 0 Å². The van der Waals surface area contributed by atoms with Gasteiger partial charge in [-0.2, -0.15) is 0 Å². The first kappa shape index (κ1) is 40.8. The first-order valence-electron chi connectivity index (χ1n) is 18.2. The molecule has 0 fully saturated rings. The van der Waals surface area contributed by atoms with Crippen molar-refractivity contribution in [2.24, 2.45) is 0 Å². The molecule has 0 rings (SSSR count). The van der Waals surface area contributed by atoms with Gasteiger partial charge < -0.3 is 20.6 Å². The second kappa shape index (κ2) is 32.7. The van der Waals surface area contributed by atoms with Crippen molar-refractivity contribution in [1.82, 2.24) is 5.32 Å². The molecule has 3 atom stereocenters. The molecule has 1 amide bonds. The van der Waals surface area contributed by atoms with E-state index in [9.17, 15) is 20.1 Å². The van der Waals surface area contributed by atoms with Crippen LogP contribution in [0.25, 0.3) is 0 Å². The number of aliphatic hydroxyl groups is 3. The van der Waals surface area contributed by atoms with Crippen molar-refractivity contribution in [1.29, 1.82) is 0 Å². The lowest BCUT2D eigenvalue weighted by Crippen LogP contribution is -2.48. The minimum atomic E-state index is -1.10. The van der Waals surface area contributed by atoms with Crippen LogP contribution in [-0.4, -0.2) is 46.1 Å². The van der Waals surface area contributed by atoms with Crippen molar-refractivity contribution in [2.45, 2.75) is 199 Å². The summed E-state index contributed by atoms with van der Waals surface area (Å²) >= 11 is 0. The van der Waals surface area contributed by atoms with Crippen LogP contribution >= 0.6 is 0 Å². The average molecular weight is 594 g/mol. The number of unbranched alkanes of at least 4 members (excludes halogenated alkanes) is 22. The molecule has 3 unspecified atom stereocenters. The van der Waals surface area contributed by atoms with Gasteiger partial charge in [-0.1, -0.05) is 173 Å². The van der Waals surface area contributed by atoms with Crippen LogP contribution in [0.3, 0.4) is 0 Å². The van der Waals surface area contributed by atoms with E-state index in [-0.39, 0.29) is 6.61 Å². The predicted molar refractivity (Wildman–Crippen MR) is 181 cm³/mol. The minimum Gasteiger partial charge on any atom is -0.394 e. The molecule has 5 nitrogen and oxygen atoms in total. The van der Waals surface area contributed by atoms with Crippen LogP contribution in [0.5, 0.6) is 0 Å². The van der Waals surface area contributed by atoms with Crippen LogP contribution in [0.2, 0.25) is 0 Å². The van der Waals surface area contributed by atoms with E-state index in [0.29, 0.717) is 6.42 Å². The molecule has 0 aromatic carbocycles. The summed E-state index contributed by atoms with van der Waals surface area (Å²) in [5.74, 6) is -0.514. The van der Waals surface area contributed by atoms with Crippen molar-refractivity contribution in [2.75, 3.05) is 6.61 Å². The molecule has 0 aromatic rings. The van der Waals surface area contributed by atoms with Gasteiger partial charge in [0.15, 0.2) is 0 Å². The van der Waals surface area contributed by atoms with Crippen LogP contribution in [0, 0.1) is 0 Å². The molecule has 248 valence electrons. The van der Waals surface area contributed by atoms with Crippen LogP contribution in [0.15, 0.2) is 24.3 Å². The maximum absolute atomic E-state index is 12.4. The number of rotatable bonds is 32. The number of hydrogen-bond acceptors (Lipinski definition) is 4. The molecule has 0 aliphatic carbocycles.